The number of hydrogen-bond acceptors (Lipinski definition) is 7. The number of carbonyl (C=O) groups is 1. The van der Waals surface area contributed by atoms with E-state index in [4.69, 9.17) is 18.9 Å². The number of hydrogen-bond donors (Lipinski definition) is 2. The van der Waals surface area contributed by atoms with Crippen LogP contribution in [0.2, 0.25) is 0 Å². The monoisotopic (exact) mass is 388 g/mol. The van der Waals surface area contributed by atoms with E-state index in [0.29, 0.717) is 28.4 Å². The Morgan fingerprint density at radius 2 is 1.82 bits per heavy atom. The molecule has 1 saturated heterocycles. The highest BCUT2D eigenvalue weighted by atomic mass is 16.5. The molecule has 1 fully saturated rings. The topological polar surface area (TPSA) is 94.5 Å². The van der Waals surface area contributed by atoms with Crippen molar-refractivity contribution in [3.63, 3.8) is 0 Å². The van der Waals surface area contributed by atoms with Crippen LogP contribution in [-0.4, -0.2) is 50.5 Å². The van der Waals surface area contributed by atoms with E-state index in [-0.39, 0.29) is 24.7 Å². The number of phenols is 1. The van der Waals surface area contributed by atoms with Crippen LogP contribution in [0.4, 0.5) is 0 Å². The smallest absolute Gasteiger partial charge is 0.168 e. The Kier molecular flexibility index (Phi) is 6.06. The Hall–Kier alpha value is -2.77. The molecule has 0 bridgehead atoms. The zero-order valence-electron chi connectivity index (χ0n) is 16.0. The van der Waals surface area contributed by atoms with E-state index in [1.165, 1.54) is 27.4 Å². The quantitative estimate of drug-likeness (QED) is 0.704. The molecule has 1 aliphatic heterocycles. The van der Waals surface area contributed by atoms with Gasteiger partial charge < -0.3 is 29.2 Å². The van der Waals surface area contributed by atoms with Gasteiger partial charge in [-0.2, -0.15) is 0 Å². The van der Waals surface area contributed by atoms with Crippen molar-refractivity contribution in [2.24, 2.45) is 11.8 Å². The number of ketones is 1. The fraction of sp³-hybridized carbons (Fsp3) is 0.381. The van der Waals surface area contributed by atoms with Crippen molar-refractivity contribution in [1.29, 1.82) is 0 Å². The highest BCUT2D eigenvalue weighted by Crippen LogP contribution is 2.42. The first-order valence-corrected chi connectivity index (χ1v) is 8.89. The van der Waals surface area contributed by atoms with Gasteiger partial charge in [0.2, 0.25) is 0 Å². The molecule has 28 heavy (non-hydrogen) atoms. The molecule has 0 aromatic heterocycles. The number of aliphatic hydroxyl groups is 1. The molecule has 150 valence electrons. The Bertz CT molecular complexity index is 849. The van der Waals surface area contributed by atoms with E-state index >= 15 is 0 Å². The van der Waals surface area contributed by atoms with Crippen LogP contribution in [0.5, 0.6) is 23.0 Å². The summed E-state index contributed by atoms with van der Waals surface area (Å²) in [7, 11) is 4.54. The molecule has 3 rings (SSSR count). The molecule has 0 saturated carbocycles. The third-order valence-electron chi connectivity index (χ3n) is 5.05. The largest absolute Gasteiger partial charge is 0.508 e. The van der Waals surface area contributed by atoms with Gasteiger partial charge in [-0.15, -0.1) is 0 Å². The fourth-order valence-corrected chi connectivity index (χ4v) is 3.59. The summed E-state index contributed by atoms with van der Waals surface area (Å²) >= 11 is 0. The van der Waals surface area contributed by atoms with Gasteiger partial charge in [-0.3, -0.25) is 4.79 Å². The summed E-state index contributed by atoms with van der Waals surface area (Å²) in [6.45, 7) is -0.0621. The molecular formula is C21H24O7. The number of rotatable bonds is 7. The van der Waals surface area contributed by atoms with E-state index < -0.39 is 17.9 Å². The molecule has 1 aliphatic rings. The lowest BCUT2D eigenvalue weighted by Gasteiger charge is -2.21. The molecule has 0 aliphatic carbocycles. The number of ether oxygens (including phenoxy) is 4. The second-order valence-electron chi connectivity index (χ2n) is 6.61. The van der Waals surface area contributed by atoms with Gasteiger partial charge in [0.15, 0.2) is 17.3 Å². The minimum atomic E-state index is -0.528. The Morgan fingerprint density at radius 3 is 2.46 bits per heavy atom. The molecule has 3 atom stereocenters. The summed E-state index contributed by atoms with van der Waals surface area (Å²) in [6, 6.07) is 9.74. The van der Waals surface area contributed by atoms with E-state index in [0.717, 1.165) is 0 Å². The zero-order valence-corrected chi connectivity index (χ0v) is 16.0. The van der Waals surface area contributed by atoms with E-state index in [1.54, 1.807) is 30.3 Å². The maximum Gasteiger partial charge on any atom is 0.168 e. The average Bonchev–Trinajstić information content (AvgIpc) is 3.16. The third-order valence-corrected chi connectivity index (χ3v) is 5.05. The molecular weight excluding hydrogens is 364 g/mol. The van der Waals surface area contributed by atoms with Crippen molar-refractivity contribution in [3.05, 3.63) is 47.5 Å². The van der Waals surface area contributed by atoms with Gasteiger partial charge in [0, 0.05) is 24.2 Å². The lowest BCUT2D eigenvalue weighted by atomic mass is 9.83. The van der Waals surface area contributed by atoms with Gasteiger partial charge in [-0.25, -0.2) is 0 Å². The molecule has 2 N–H and O–H groups in total. The predicted octanol–water partition coefficient (Wildman–Crippen LogP) is 2.60. The molecule has 2 aromatic rings. The normalized spacial score (nSPS) is 21.4. The van der Waals surface area contributed by atoms with Gasteiger partial charge in [0.1, 0.15) is 11.5 Å². The number of benzene rings is 2. The van der Waals surface area contributed by atoms with Crippen LogP contribution in [0.1, 0.15) is 22.0 Å². The number of aliphatic hydroxyl groups excluding tert-OH is 1. The van der Waals surface area contributed by atoms with Crippen molar-refractivity contribution in [2.75, 3.05) is 34.5 Å². The number of aromatic hydroxyl groups is 1. The average molecular weight is 388 g/mol. The highest BCUT2D eigenvalue weighted by Gasteiger charge is 2.42. The number of Topliss-reactive ketones (excluding diaryl/α,β-unsaturated/α-hetero) is 1. The molecule has 7 nitrogen and oxygen atoms in total. The number of phenolic OH excluding ortho intramolecular Hbond substituents is 1. The van der Waals surface area contributed by atoms with Crippen LogP contribution in [0.3, 0.4) is 0 Å². The van der Waals surface area contributed by atoms with Crippen molar-refractivity contribution in [2.45, 2.75) is 6.10 Å². The highest BCUT2D eigenvalue weighted by molar-refractivity contribution is 5.99. The second kappa shape index (κ2) is 8.50. The molecule has 0 spiro atoms. The van der Waals surface area contributed by atoms with Crippen LogP contribution < -0.4 is 14.2 Å². The minimum absolute atomic E-state index is 0.0318. The summed E-state index contributed by atoms with van der Waals surface area (Å²) in [5.74, 6) is 0.379. The van der Waals surface area contributed by atoms with Crippen LogP contribution >= 0.6 is 0 Å². The van der Waals surface area contributed by atoms with Gasteiger partial charge in [-0.05, 0) is 35.9 Å². The van der Waals surface area contributed by atoms with Crippen LogP contribution in [-0.2, 0) is 4.74 Å². The zero-order chi connectivity index (χ0) is 20.3. The lowest BCUT2D eigenvalue weighted by Crippen LogP contribution is -2.26. The molecule has 0 amide bonds. The fourth-order valence-electron chi connectivity index (χ4n) is 3.59. The van der Waals surface area contributed by atoms with Crippen molar-refractivity contribution in [3.8, 4) is 23.0 Å². The maximum atomic E-state index is 13.1. The van der Waals surface area contributed by atoms with Crippen molar-refractivity contribution < 1.29 is 34.0 Å². The van der Waals surface area contributed by atoms with E-state index in [1.807, 2.05) is 0 Å². The maximum absolute atomic E-state index is 13.1. The van der Waals surface area contributed by atoms with Gasteiger partial charge in [0.05, 0.1) is 40.0 Å². The van der Waals surface area contributed by atoms with Crippen LogP contribution in [0, 0.1) is 11.8 Å². The molecule has 7 heteroatoms. The standard InChI is InChI=1S/C21H24O7/c1-25-15-7-13(6-14(23)9-15)21-16(10-22)17(11-28-21)20(24)12-4-5-18(26-2)19(8-12)27-3/h4-9,16-17,21-23H,10-11H2,1-3H3. The Labute approximate surface area is 163 Å². The third kappa shape index (κ3) is 3.76. The Balaban J connectivity index is 1.88. The molecule has 0 radical (unpaired) electrons. The summed E-state index contributed by atoms with van der Waals surface area (Å²) in [5, 5.41) is 19.9. The second-order valence-corrected chi connectivity index (χ2v) is 6.61. The molecule has 2 aromatic carbocycles. The lowest BCUT2D eigenvalue weighted by molar-refractivity contribution is 0.0711. The SMILES string of the molecule is COc1cc(O)cc(C2OCC(C(=O)c3ccc(OC)c(OC)c3)C2CO)c1. The summed E-state index contributed by atoms with van der Waals surface area (Å²) in [4.78, 5) is 13.1. The van der Waals surface area contributed by atoms with Crippen LogP contribution in [0.25, 0.3) is 0 Å². The number of methoxy groups -OCH3 is 3. The first-order valence-electron chi connectivity index (χ1n) is 8.89. The first-order chi connectivity index (χ1) is 13.5. The van der Waals surface area contributed by atoms with Crippen LogP contribution in [0.15, 0.2) is 36.4 Å². The van der Waals surface area contributed by atoms with Crippen molar-refractivity contribution in [1.82, 2.24) is 0 Å². The van der Waals surface area contributed by atoms with Crippen molar-refractivity contribution >= 4 is 5.78 Å². The van der Waals surface area contributed by atoms with E-state index in [2.05, 4.69) is 0 Å². The van der Waals surface area contributed by atoms with Gasteiger partial charge in [-0.1, -0.05) is 0 Å². The van der Waals surface area contributed by atoms with Gasteiger partial charge >= 0.3 is 0 Å². The molecule has 3 unspecified atom stereocenters. The summed E-state index contributed by atoms with van der Waals surface area (Å²) in [5.41, 5.74) is 1.11. The van der Waals surface area contributed by atoms with E-state index in [9.17, 15) is 15.0 Å². The predicted molar refractivity (Wildman–Crippen MR) is 101 cm³/mol. The number of carbonyl (C=O) groups excluding carboxylic acids is 1. The summed E-state index contributed by atoms with van der Waals surface area (Å²) in [6.07, 6.45) is -0.528. The first kappa shape index (κ1) is 20.0. The minimum Gasteiger partial charge on any atom is -0.508 e. The summed E-state index contributed by atoms with van der Waals surface area (Å²) < 4.78 is 21.5. The molecule has 1 heterocycles. The Morgan fingerprint density at radius 1 is 1.07 bits per heavy atom. The van der Waals surface area contributed by atoms with Gasteiger partial charge in [0.25, 0.3) is 0 Å².